The lowest BCUT2D eigenvalue weighted by molar-refractivity contribution is -0.380. The highest BCUT2D eigenvalue weighted by Crippen LogP contribution is 2.46. The van der Waals surface area contributed by atoms with Crippen molar-refractivity contribution >= 4 is 33.8 Å². The number of allylic oxidation sites excluding steroid dienone is 1. The number of nitrogens with zero attached hydrogens (tertiary/aromatic N) is 2. The molecule has 0 unspecified atom stereocenters. The van der Waals surface area contributed by atoms with E-state index in [4.69, 9.17) is 4.74 Å². The average molecular weight is 386 g/mol. The quantitative estimate of drug-likeness (QED) is 0.337. The van der Waals surface area contributed by atoms with Gasteiger partial charge in [-0.1, -0.05) is 43.4 Å². The summed E-state index contributed by atoms with van der Waals surface area (Å²) in [6.07, 6.45) is 1.49. The fourth-order valence-electron chi connectivity index (χ4n) is 3.20. The molecule has 0 amide bonds. The number of ketones is 1. The molecule has 2 heterocycles. The van der Waals surface area contributed by atoms with Crippen molar-refractivity contribution in [1.29, 1.82) is 0 Å². The van der Waals surface area contributed by atoms with Gasteiger partial charge in [-0.05, 0) is 17.7 Å². The Morgan fingerprint density at radius 2 is 1.96 bits per heavy atom. The van der Waals surface area contributed by atoms with Gasteiger partial charge in [0.1, 0.15) is 4.88 Å². The summed E-state index contributed by atoms with van der Waals surface area (Å²) in [7, 11) is 1.89. The molecule has 0 spiro atoms. The van der Waals surface area contributed by atoms with E-state index in [-0.39, 0.29) is 21.1 Å². The maximum Gasteiger partial charge on any atom is 0.349 e. The molecule has 0 atom stereocenters. The number of anilines is 1. The van der Waals surface area contributed by atoms with Gasteiger partial charge in [-0.3, -0.25) is 14.9 Å². The Bertz CT molecular complexity index is 961. The second-order valence-corrected chi connectivity index (χ2v) is 7.73. The van der Waals surface area contributed by atoms with Gasteiger partial charge in [0.25, 0.3) is 0 Å². The van der Waals surface area contributed by atoms with E-state index in [0.717, 1.165) is 16.9 Å². The molecule has 2 aromatic rings. The van der Waals surface area contributed by atoms with Crippen LogP contribution in [-0.4, -0.2) is 30.3 Å². The molecular formula is C19H18N2O5S. The van der Waals surface area contributed by atoms with E-state index in [9.17, 15) is 19.7 Å². The van der Waals surface area contributed by atoms with E-state index >= 15 is 0 Å². The number of ether oxygens (including phenoxy) is 1. The van der Waals surface area contributed by atoms with E-state index in [1.807, 2.05) is 50.1 Å². The van der Waals surface area contributed by atoms with Crippen LogP contribution in [0, 0.1) is 10.1 Å². The van der Waals surface area contributed by atoms with Crippen LogP contribution in [0.5, 0.6) is 0 Å². The number of thiophene rings is 1. The zero-order valence-electron chi connectivity index (χ0n) is 15.1. The van der Waals surface area contributed by atoms with Gasteiger partial charge >= 0.3 is 11.0 Å². The number of para-hydroxylation sites is 1. The Labute approximate surface area is 160 Å². The summed E-state index contributed by atoms with van der Waals surface area (Å²) < 4.78 is 5.01. The van der Waals surface area contributed by atoms with Crippen LogP contribution in [0.1, 0.15) is 29.1 Å². The van der Waals surface area contributed by atoms with Gasteiger partial charge in [0.15, 0.2) is 12.4 Å². The number of fused-ring (bicyclic) bond motifs is 1. The summed E-state index contributed by atoms with van der Waals surface area (Å²) in [5.74, 6) is -1.10. The van der Waals surface area contributed by atoms with Crippen molar-refractivity contribution in [2.75, 3.05) is 18.6 Å². The largest absolute Gasteiger partial charge is 0.453 e. The molecule has 1 aliphatic heterocycles. The fraction of sp³-hybridized carbons (Fsp3) is 0.263. The molecule has 0 aliphatic carbocycles. The van der Waals surface area contributed by atoms with Crippen molar-refractivity contribution in [3.8, 4) is 0 Å². The molecule has 8 heteroatoms. The van der Waals surface area contributed by atoms with Crippen LogP contribution in [0.3, 0.4) is 0 Å². The van der Waals surface area contributed by atoms with Crippen LogP contribution in [0.2, 0.25) is 0 Å². The first-order valence-electron chi connectivity index (χ1n) is 8.21. The highest BCUT2D eigenvalue weighted by Gasteiger charge is 2.38. The van der Waals surface area contributed by atoms with Crippen LogP contribution in [0.4, 0.5) is 10.7 Å². The molecule has 0 radical (unpaired) electrons. The zero-order valence-corrected chi connectivity index (χ0v) is 15.9. The predicted molar refractivity (Wildman–Crippen MR) is 102 cm³/mol. The van der Waals surface area contributed by atoms with Crippen LogP contribution in [0.15, 0.2) is 48.2 Å². The van der Waals surface area contributed by atoms with Crippen LogP contribution in [-0.2, 0) is 14.9 Å². The summed E-state index contributed by atoms with van der Waals surface area (Å²) in [5, 5.41) is 10.5. The standard InChI is InChI=1S/C19H18N2O5S/c1-19(2)13-6-4-5-7-14(13)20(3)16(19)10-12(22)11-26-18(23)15-8-9-17(27-15)21(24)25/h4-10H,11H2,1-3H3/b16-10-. The first-order valence-corrected chi connectivity index (χ1v) is 9.03. The van der Waals surface area contributed by atoms with E-state index in [2.05, 4.69) is 0 Å². The summed E-state index contributed by atoms with van der Waals surface area (Å²) in [5.41, 5.74) is 2.62. The summed E-state index contributed by atoms with van der Waals surface area (Å²) >= 11 is 0.717. The number of carbonyl (C=O) groups excluding carboxylic acids is 2. The molecule has 140 valence electrons. The minimum absolute atomic E-state index is 0.0906. The van der Waals surface area contributed by atoms with Crippen molar-refractivity contribution in [3.05, 3.63) is 68.7 Å². The Kier molecular flexibility index (Phi) is 4.84. The Balaban J connectivity index is 1.70. The van der Waals surface area contributed by atoms with Crippen molar-refractivity contribution in [2.24, 2.45) is 0 Å². The molecular weight excluding hydrogens is 368 g/mol. The second kappa shape index (κ2) is 6.96. The van der Waals surface area contributed by atoms with E-state index < -0.39 is 17.5 Å². The topological polar surface area (TPSA) is 89.8 Å². The number of nitro groups is 1. The fourth-order valence-corrected chi connectivity index (χ4v) is 3.91. The van der Waals surface area contributed by atoms with Crippen molar-refractivity contribution in [2.45, 2.75) is 19.3 Å². The molecule has 0 fully saturated rings. The Morgan fingerprint density at radius 1 is 1.26 bits per heavy atom. The van der Waals surface area contributed by atoms with Gasteiger partial charge in [-0.15, -0.1) is 0 Å². The van der Waals surface area contributed by atoms with Crippen LogP contribution < -0.4 is 4.90 Å². The van der Waals surface area contributed by atoms with Gasteiger partial charge in [0.2, 0.25) is 0 Å². The maximum absolute atomic E-state index is 12.3. The first kappa shape index (κ1) is 18.8. The minimum Gasteiger partial charge on any atom is -0.453 e. The Morgan fingerprint density at radius 3 is 2.59 bits per heavy atom. The maximum atomic E-state index is 12.3. The molecule has 0 saturated carbocycles. The number of hydrogen-bond donors (Lipinski definition) is 0. The highest BCUT2D eigenvalue weighted by molar-refractivity contribution is 7.17. The molecule has 1 aromatic heterocycles. The number of rotatable bonds is 5. The van der Waals surface area contributed by atoms with Gasteiger partial charge in [0.05, 0.1) is 4.92 Å². The van der Waals surface area contributed by atoms with Gasteiger partial charge in [0, 0.05) is 36.0 Å². The van der Waals surface area contributed by atoms with E-state index in [1.165, 1.54) is 18.2 Å². The summed E-state index contributed by atoms with van der Waals surface area (Å²) in [6.45, 7) is 3.64. The second-order valence-electron chi connectivity index (χ2n) is 6.67. The van der Waals surface area contributed by atoms with Gasteiger partial charge in [-0.2, -0.15) is 0 Å². The number of hydrogen-bond acceptors (Lipinski definition) is 7. The monoisotopic (exact) mass is 386 g/mol. The highest BCUT2D eigenvalue weighted by atomic mass is 32.1. The third-order valence-electron chi connectivity index (χ3n) is 4.56. The van der Waals surface area contributed by atoms with Crippen LogP contribution >= 0.6 is 11.3 Å². The minimum atomic E-state index is -0.748. The molecule has 1 aromatic carbocycles. The lowest BCUT2D eigenvalue weighted by Crippen LogP contribution is -2.25. The SMILES string of the molecule is CN1/C(=C\C(=O)COC(=O)c2ccc([N+](=O)[O-])s2)C(C)(C)c2ccccc21. The molecule has 0 saturated heterocycles. The first-order chi connectivity index (χ1) is 12.7. The smallest absolute Gasteiger partial charge is 0.349 e. The van der Waals surface area contributed by atoms with Gasteiger partial charge < -0.3 is 9.64 Å². The number of esters is 1. The summed E-state index contributed by atoms with van der Waals surface area (Å²) in [6, 6.07) is 10.5. The number of carbonyl (C=O) groups is 2. The third-order valence-corrected chi connectivity index (χ3v) is 5.57. The molecule has 1 aliphatic rings. The lowest BCUT2D eigenvalue weighted by Gasteiger charge is -2.23. The zero-order chi connectivity index (χ0) is 19.8. The molecule has 27 heavy (non-hydrogen) atoms. The van der Waals surface area contributed by atoms with Crippen molar-refractivity contribution in [1.82, 2.24) is 0 Å². The molecule has 0 N–H and O–H groups in total. The van der Waals surface area contributed by atoms with Crippen molar-refractivity contribution < 1.29 is 19.2 Å². The van der Waals surface area contributed by atoms with E-state index in [0.29, 0.717) is 11.3 Å². The van der Waals surface area contributed by atoms with E-state index in [1.54, 1.807) is 0 Å². The normalized spacial score (nSPS) is 16.3. The molecule has 3 rings (SSSR count). The van der Waals surface area contributed by atoms with Crippen LogP contribution in [0.25, 0.3) is 0 Å². The van der Waals surface area contributed by atoms with Crippen molar-refractivity contribution in [3.63, 3.8) is 0 Å². The third kappa shape index (κ3) is 3.48. The molecule has 7 nitrogen and oxygen atoms in total. The number of benzene rings is 1. The average Bonchev–Trinajstić information content (AvgIpc) is 3.19. The molecule has 0 bridgehead atoms. The Hall–Kier alpha value is -3.00. The summed E-state index contributed by atoms with van der Waals surface area (Å²) in [4.78, 5) is 36.5. The van der Waals surface area contributed by atoms with Gasteiger partial charge in [-0.25, -0.2) is 4.79 Å². The predicted octanol–water partition coefficient (Wildman–Crippen LogP) is 3.69. The number of likely N-dealkylation sites (N-methyl/N-ethyl adjacent to an activating group) is 1. The lowest BCUT2D eigenvalue weighted by atomic mass is 9.83.